The summed E-state index contributed by atoms with van der Waals surface area (Å²) in [6.45, 7) is 9.31. The van der Waals surface area contributed by atoms with E-state index in [1.165, 1.54) is 11.1 Å². The first kappa shape index (κ1) is 13.7. The van der Waals surface area contributed by atoms with E-state index in [4.69, 9.17) is 0 Å². The number of nitrogens with one attached hydrogen (secondary N) is 1. The normalized spacial score (nSPS) is 14.3. The Morgan fingerprint density at radius 3 is 2.74 bits per heavy atom. The third kappa shape index (κ3) is 3.41. The molecule has 0 spiro atoms. The molecular formula is C15H22N4. The Hall–Kier alpha value is -1.68. The smallest absolute Gasteiger partial charge is 0.0641 e. The minimum Gasteiger partial charge on any atom is -0.308 e. The summed E-state index contributed by atoms with van der Waals surface area (Å²) in [5.41, 5.74) is 3.53. The third-order valence-corrected chi connectivity index (χ3v) is 3.60. The van der Waals surface area contributed by atoms with Crippen molar-refractivity contribution in [3.63, 3.8) is 0 Å². The second-order valence-corrected chi connectivity index (χ2v) is 5.16. The van der Waals surface area contributed by atoms with E-state index in [2.05, 4.69) is 48.4 Å². The molecule has 2 aromatic heterocycles. The largest absolute Gasteiger partial charge is 0.308 e. The van der Waals surface area contributed by atoms with Crippen LogP contribution in [0.1, 0.15) is 36.7 Å². The lowest BCUT2D eigenvalue weighted by molar-refractivity contribution is 0.364. The highest BCUT2D eigenvalue weighted by atomic mass is 15.3. The highest BCUT2D eigenvalue weighted by molar-refractivity contribution is 5.18. The van der Waals surface area contributed by atoms with Crippen molar-refractivity contribution in [3.8, 4) is 0 Å². The molecule has 0 bridgehead atoms. The fraction of sp³-hybridized carbons (Fsp3) is 0.467. The zero-order valence-electron chi connectivity index (χ0n) is 12.1. The maximum atomic E-state index is 4.37. The van der Waals surface area contributed by atoms with Crippen LogP contribution in [0.4, 0.5) is 0 Å². The van der Waals surface area contributed by atoms with Gasteiger partial charge in [0.25, 0.3) is 0 Å². The first-order valence-electron chi connectivity index (χ1n) is 6.72. The third-order valence-electron chi connectivity index (χ3n) is 3.60. The Balaban J connectivity index is 1.94. The van der Waals surface area contributed by atoms with E-state index in [1.54, 1.807) is 0 Å². The first-order chi connectivity index (χ1) is 9.08. The Kier molecular flexibility index (Phi) is 4.32. The highest BCUT2D eigenvalue weighted by Gasteiger charge is 2.14. The van der Waals surface area contributed by atoms with Crippen LogP contribution in [0.25, 0.3) is 0 Å². The predicted molar refractivity (Wildman–Crippen MR) is 77.0 cm³/mol. The Bertz CT molecular complexity index is 532. The Morgan fingerprint density at radius 2 is 2.11 bits per heavy atom. The number of nitrogens with zero attached hydrogens (tertiary/aromatic N) is 3. The molecule has 19 heavy (non-hydrogen) atoms. The van der Waals surface area contributed by atoms with Crippen LogP contribution in [0.3, 0.4) is 0 Å². The quantitative estimate of drug-likeness (QED) is 0.896. The molecule has 2 heterocycles. The molecule has 4 heteroatoms. The first-order valence-corrected chi connectivity index (χ1v) is 6.72. The molecule has 0 aliphatic carbocycles. The molecule has 0 aliphatic heterocycles. The molecule has 0 fully saturated rings. The fourth-order valence-corrected chi connectivity index (χ4v) is 2.03. The molecule has 2 atom stereocenters. The lowest BCUT2D eigenvalue weighted by Gasteiger charge is -2.22. The molecule has 0 radical (unpaired) electrons. The lowest BCUT2D eigenvalue weighted by atomic mass is 10.1. The van der Waals surface area contributed by atoms with Crippen LogP contribution in [0.5, 0.6) is 0 Å². The minimum atomic E-state index is 0.325. The number of aryl methyl sites for hydroxylation is 2. The van der Waals surface area contributed by atoms with Crippen molar-refractivity contribution in [2.45, 2.75) is 46.3 Å². The van der Waals surface area contributed by atoms with Crippen LogP contribution in [0.15, 0.2) is 30.7 Å². The van der Waals surface area contributed by atoms with Crippen molar-refractivity contribution in [3.05, 3.63) is 47.5 Å². The van der Waals surface area contributed by atoms with Gasteiger partial charge in [-0.3, -0.25) is 9.67 Å². The summed E-state index contributed by atoms with van der Waals surface area (Å²) < 4.78 is 2.02. The van der Waals surface area contributed by atoms with Crippen LogP contribution >= 0.6 is 0 Å². The zero-order chi connectivity index (χ0) is 13.8. The van der Waals surface area contributed by atoms with Crippen LogP contribution in [-0.4, -0.2) is 20.8 Å². The van der Waals surface area contributed by atoms with E-state index in [-0.39, 0.29) is 0 Å². The minimum absolute atomic E-state index is 0.325. The van der Waals surface area contributed by atoms with E-state index >= 15 is 0 Å². The van der Waals surface area contributed by atoms with Gasteiger partial charge < -0.3 is 5.32 Å². The topological polar surface area (TPSA) is 42.7 Å². The van der Waals surface area contributed by atoms with Gasteiger partial charge in [0, 0.05) is 30.7 Å². The molecule has 0 aliphatic rings. The summed E-state index contributed by atoms with van der Waals surface area (Å²) in [6, 6.07) is 4.77. The van der Waals surface area contributed by atoms with Crippen molar-refractivity contribution in [1.29, 1.82) is 0 Å². The van der Waals surface area contributed by atoms with Gasteiger partial charge in [-0.2, -0.15) is 5.10 Å². The van der Waals surface area contributed by atoms with E-state index in [9.17, 15) is 0 Å². The molecule has 4 nitrogen and oxygen atoms in total. The van der Waals surface area contributed by atoms with Crippen LogP contribution in [-0.2, 0) is 6.54 Å². The van der Waals surface area contributed by atoms with Crippen LogP contribution in [0, 0.1) is 13.8 Å². The lowest BCUT2D eigenvalue weighted by Crippen LogP contribution is -2.33. The second kappa shape index (κ2) is 5.97. The van der Waals surface area contributed by atoms with Gasteiger partial charge in [0.1, 0.15) is 0 Å². The van der Waals surface area contributed by atoms with Crippen molar-refractivity contribution in [2.75, 3.05) is 0 Å². The standard InChI is InChI=1S/C15H22N4/c1-11-8-18-19(10-11)14(4)12(2)17-9-15-6-5-7-16-13(15)3/h5-8,10,12,14,17H,9H2,1-4H3/t12-,14-/m0/s1. The molecule has 102 valence electrons. The molecule has 0 amide bonds. The monoisotopic (exact) mass is 258 g/mol. The summed E-state index contributed by atoms with van der Waals surface area (Å²) in [6.07, 6.45) is 5.81. The van der Waals surface area contributed by atoms with E-state index < -0.39 is 0 Å². The van der Waals surface area contributed by atoms with Crippen molar-refractivity contribution in [1.82, 2.24) is 20.1 Å². The van der Waals surface area contributed by atoms with Gasteiger partial charge in [-0.25, -0.2) is 0 Å². The number of aromatic nitrogens is 3. The summed E-state index contributed by atoms with van der Waals surface area (Å²) >= 11 is 0. The number of hydrogen-bond acceptors (Lipinski definition) is 3. The maximum absolute atomic E-state index is 4.37. The average Bonchev–Trinajstić information content (AvgIpc) is 2.83. The van der Waals surface area contributed by atoms with Crippen molar-refractivity contribution in [2.24, 2.45) is 0 Å². The molecule has 1 N–H and O–H groups in total. The van der Waals surface area contributed by atoms with E-state index in [0.29, 0.717) is 12.1 Å². The SMILES string of the molecule is Cc1cnn([C@@H](C)[C@H](C)NCc2cccnc2C)c1. The van der Waals surface area contributed by atoms with Crippen LogP contribution in [0.2, 0.25) is 0 Å². The summed E-state index contributed by atoms with van der Waals surface area (Å²) in [4.78, 5) is 4.31. The van der Waals surface area contributed by atoms with Crippen LogP contribution < -0.4 is 5.32 Å². The molecule has 2 aromatic rings. The predicted octanol–water partition coefficient (Wildman–Crippen LogP) is 2.63. The van der Waals surface area contributed by atoms with Crippen molar-refractivity contribution >= 4 is 0 Å². The van der Waals surface area contributed by atoms with Gasteiger partial charge in [-0.05, 0) is 44.9 Å². The second-order valence-electron chi connectivity index (χ2n) is 5.16. The average molecular weight is 258 g/mol. The number of hydrogen-bond donors (Lipinski definition) is 1. The van der Waals surface area contributed by atoms with Crippen molar-refractivity contribution < 1.29 is 0 Å². The maximum Gasteiger partial charge on any atom is 0.0641 e. The van der Waals surface area contributed by atoms with Gasteiger partial charge >= 0.3 is 0 Å². The molecule has 0 unspecified atom stereocenters. The molecule has 2 rings (SSSR count). The fourth-order valence-electron chi connectivity index (χ4n) is 2.03. The molecule has 0 saturated heterocycles. The molecule has 0 aromatic carbocycles. The van der Waals surface area contributed by atoms with Gasteiger partial charge in [0.15, 0.2) is 0 Å². The molecular weight excluding hydrogens is 236 g/mol. The zero-order valence-corrected chi connectivity index (χ0v) is 12.1. The van der Waals surface area contributed by atoms with Gasteiger partial charge in [0.05, 0.1) is 12.2 Å². The van der Waals surface area contributed by atoms with E-state index in [0.717, 1.165) is 12.2 Å². The summed E-state index contributed by atoms with van der Waals surface area (Å²) in [7, 11) is 0. The van der Waals surface area contributed by atoms with Gasteiger partial charge in [-0.15, -0.1) is 0 Å². The van der Waals surface area contributed by atoms with Gasteiger partial charge in [0.2, 0.25) is 0 Å². The van der Waals surface area contributed by atoms with Gasteiger partial charge in [-0.1, -0.05) is 6.07 Å². The Morgan fingerprint density at radius 1 is 1.32 bits per heavy atom. The number of pyridine rings is 1. The molecule has 0 saturated carbocycles. The number of rotatable bonds is 5. The highest BCUT2D eigenvalue weighted by Crippen LogP contribution is 2.12. The summed E-state index contributed by atoms with van der Waals surface area (Å²) in [5, 5.41) is 7.92. The summed E-state index contributed by atoms with van der Waals surface area (Å²) in [5.74, 6) is 0. The van der Waals surface area contributed by atoms with E-state index in [1.807, 2.05) is 30.1 Å². The Labute approximate surface area is 114 Å².